The summed E-state index contributed by atoms with van der Waals surface area (Å²) in [7, 11) is 1.50. The molecule has 4 aliphatic carbocycles. The molecule has 1 heterocycles. The molecule has 4 bridgehead atoms. The van der Waals surface area contributed by atoms with Crippen LogP contribution in [0.2, 0.25) is 10.0 Å². The number of anilines is 1. The highest BCUT2D eigenvalue weighted by molar-refractivity contribution is 9.10. The zero-order valence-electron chi connectivity index (χ0n) is 24.6. The van der Waals surface area contributed by atoms with E-state index in [4.69, 9.17) is 32.7 Å². The van der Waals surface area contributed by atoms with Crippen LogP contribution in [-0.4, -0.2) is 25.0 Å². The fraction of sp³-hybridized carbons (Fsp3) is 0.343. The number of ether oxygens (including phenoxy) is 2. The second-order valence-electron chi connectivity index (χ2n) is 12.8. The highest BCUT2D eigenvalue weighted by Crippen LogP contribution is 2.60. The van der Waals surface area contributed by atoms with Crippen LogP contribution in [-0.2, 0) is 21.6 Å². The lowest BCUT2D eigenvalue weighted by Crippen LogP contribution is -2.54. The molecule has 4 saturated carbocycles. The molecule has 0 aromatic heterocycles. The first-order chi connectivity index (χ1) is 21.6. The van der Waals surface area contributed by atoms with Crippen LogP contribution >= 0.6 is 39.1 Å². The Kier molecular flexibility index (Phi) is 7.95. The molecule has 5 fully saturated rings. The third-order valence-electron chi connectivity index (χ3n) is 9.81. The van der Waals surface area contributed by atoms with Gasteiger partial charge in [-0.3, -0.25) is 14.9 Å². The molecule has 7 nitrogen and oxygen atoms in total. The number of barbiturate groups is 1. The van der Waals surface area contributed by atoms with E-state index in [0.29, 0.717) is 37.3 Å². The Balaban J connectivity index is 1.12. The zero-order valence-corrected chi connectivity index (χ0v) is 27.7. The number of methoxy groups -OCH3 is 1. The second kappa shape index (κ2) is 11.8. The molecule has 232 valence electrons. The molecule has 45 heavy (non-hydrogen) atoms. The van der Waals surface area contributed by atoms with Crippen molar-refractivity contribution in [1.82, 2.24) is 5.32 Å². The van der Waals surface area contributed by atoms with Crippen LogP contribution in [0.3, 0.4) is 0 Å². The third-order valence-corrected chi connectivity index (χ3v) is 11.1. The van der Waals surface area contributed by atoms with Crippen LogP contribution in [0, 0.1) is 17.8 Å². The first kappa shape index (κ1) is 30.3. The lowest BCUT2D eigenvalue weighted by Gasteiger charge is -2.57. The smallest absolute Gasteiger partial charge is 0.335 e. The van der Waals surface area contributed by atoms with Crippen molar-refractivity contribution in [3.05, 3.63) is 91.4 Å². The number of rotatable bonds is 7. The number of hydrogen-bond acceptors (Lipinski definition) is 5. The van der Waals surface area contributed by atoms with Crippen molar-refractivity contribution in [2.45, 2.75) is 50.5 Å². The summed E-state index contributed by atoms with van der Waals surface area (Å²) >= 11 is 15.7. The summed E-state index contributed by atoms with van der Waals surface area (Å²) in [5, 5.41) is 3.20. The van der Waals surface area contributed by atoms with Crippen molar-refractivity contribution in [1.29, 1.82) is 0 Å². The van der Waals surface area contributed by atoms with Gasteiger partial charge in [-0.1, -0.05) is 41.4 Å². The zero-order chi connectivity index (χ0) is 31.5. The lowest BCUT2D eigenvalue weighted by molar-refractivity contribution is -0.122. The van der Waals surface area contributed by atoms with Gasteiger partial charge in [-0.05, 0) is 137 Å². The van der Waals surface area contributed by atoms with E-state index in [-0.39, 0.29) is 17.6 Å². The number of amides is 4. The Labute approximate surface area is 280 Å². The molecule has 1 aliphatic heterocycles. The Bertz CT molecular complexity index is 1720. The summed E-state index contributed by atoms with van der Waals surface area (Å²) in [5.41, 5.74) is 3.07. The fourth-order valence-corrected chi connectivity index (χ4v) is 9.13. The van der Waals surface area contributed by atoms with Crippen LogP contribution in [0.1, 0.15) is 55.2 Å². The molecule has 0 spiro atoms. The first-order valence-electron chi connectivity index (χ1n) is 15.1. The van der Waals surface area contributed by atoms with Gasteiger partial charge in [-0.25, -0.2) is 9.69 Å². The lowest BCUT2D eigenvalue weighted by atomic mass is 9.48. The van der Waals surface area contributed by atoms with Crippen LogP contribution in [0.15, 0.2) is 64.6 Å². The van der Waals surface area contributed by atoms with Gasteiger partial charge in [0, 0.05) is 0 Å². The van der Waals surface area contributed by atoms with E-state index in [1.807, 2.05) is 18.2 Å². The van der Waals surface area contributed by atoms with Crippen LogP contribution in [0.4, 0.5) is 10.5 Å². The van der Waals surface area contributed by atoms with E-state index in [9.17, 15) is 14.4 Å². The quantitative estimate of drug-likeness (QED) is 0.197. The molecule has 1 N–H and O–H groups in total. The fourth-order valence-electron chi connectivity index (χ4n) is 8.23. The van der Waals surface area contributed by atoms with Gasteiger partial charge in [-0.2, -0.15) is 0 Å². The summed E-state index contributed by atoms with van der Waals surface area (Å²) in [6.07, 6.45) is 9.19. The molecule has 5 aliphatic rings. The van der Waals surface area contributed by atoms with E-state index in [1.165, 1.54) is 57.3 Å². The van der Waals surface area contributed by atoms with Crippen molar-refractivity contribution in [3.8, 4) is 11.5 Å². The number of carbonyl (C=O) groups excluding carboxylic acids is 3. The Morgan fingerprint density at radius 1 is 0.933 bits per heavy atom. The third kappa shape index (κ3) is 5.66. The van der Waals surface area contributed by atoms with Crippen molar-refractivity contribution >= 4 is 68.7 Å². The molecule has 3 aromatic rings. The summed E-state index contributed by atoms with van der Waals surface area (Å²) in [6, 6.07) is 15.6. The molecule has 10 heteroatoms. The van der Waals surface area contributed by atoms with Crippen molar-refractivity contribution in [2.24, 2.45) is 17.8 Å². The summed E-state index contributed by atoms with van der Waals surface area (Å²) in [5.74, 6) is 1.79. The van der Waals surface area contributed by atoms with E-state index >= 15 is 0 Å². The van der Waals surface area contributed by atoms with Gasteiger partial charge in [-0.15, -0.1) is 0 Å². The predicted molar refractivity (Wildman–Crippen MR) is 177 cm³/mol. The van der Waals surface area contributed by atoms with Crippen molar-refractivity contribution in [3.63, 3.8) is 0 Å². The number of urea groups is 1. The topological polar surface area (TPSA) is 84.9 Å². The normalized spacial score (nSPS) is 26.4. The Morgan fingerprint density at radius 2 is 1.60 bits per heavy atom. The van der Waals surface area contributed by atoms with Gasteiger partial charge in [0.15, 0.2) is 11.5 Å². The van der Waals surface area contributed by atoms with Gasteiger partial charge >= 0.3 is 6.03 Å². The van der Waals surface area contributed by atoms with Gasteiger partial charge in [0.1, 0.15) is 12.2 Å². The predicted octanol–water partition coefficient (Wildman–Crippen LogP) is 8.48. The van der Waals surface area contributed by atoms with E-state index in [2.05, 4.69) is 33.4 Å². The summed E-state index contributed by atoms with van der Waals surface area (Å²) < 4.78 is 12.1. The molecular formula is C35H31BrCl2N2O5. The van der Waals surface area contributed by atoms with Gasteiger partial charge in [0.2, 0.25) is 0 Å². The molecule has 1 saturated heterocycles. The van der Waals surface area contributed by atoms with Gasteiger partial charge < -0.3 is 9.47 Å². The highest BCUT2D eigenvalue weighted by atomic mass is 79.9. The van der Waals surface area contributed by atoms with E-state index in [1.54, 1.807) is 24.3 Å². The molecule has 3 aromatic carbocycles. The largest absolute Gasteiger partial charge is 0.493 e. The molecule has 0 radical (unpaired) electrons. The molecule has 8 rings (SSSR count). The number of nitrogens with zero attached hydrogens (tertiary/aromatic N) is 1. The Morgan fingerprint density at radius 3 is 2.22 bits per heavy atom. The number of halogens is 3. The molecular weight excluding hydrogens is 679 g/mol. The minimum atomic E-state index is -0.769. The SMILES string of the molecule is COc1cc(/C=C2\C(=O)NC(=O)N(c3ccc(C45CC6CC(CC(C6)C4)C5)cc3)C2=O)cc(Br)c1OCc1ccc(Cl)c(Cl)c1. The minimum absolute atomic E-state index is 0.168. The maximum absolute atomic E-state index is 13.7. The summed E-state index contributed by atoms with van der Waals surface area (Å²) in [4.78, 5) is 40.5. The Hall–Kier alpha value is -3.33. The maximum atomic E-state index is 13.7. The summed E-state index contributed by atoms with van der Waals surface area (Å²) in [6.45, 7) is 0.200. The maximum Gasteiger partial charge on any atom is 0.335 e. The number of nitrogens with one attached hydrogen (secondary N) is 1. The van der Waals surface area contributed by atoms with Crippen molar-refractivity contribution in [2.75, 3.05) is 12.0 Å². The average Bonchev–Trinajstić information content (AvgIpc) is 2.99. The number of hydrogen-bond donors (Lipinski definition) is 1. The van der Waals surface area contributed by atoms with E-state index < -0.39 is 17.8 Å². The highest BCUT2D eigenvalue weighted by Gasteiger charge is 2.51. The minimum Gasteiger partial charge on any atom is -0.493 e. The van der Waals surface area contributed by atoms with Crippen LogP contribution in [0.5, 0.6) is 11.5 Å². The standard InChI is InChI=1S/C35H31BrCl2N2O5/c1-44-30-14-20(12-27(36)31(30)45-18-19-2-7-28(37)29(38)13-19)11-26-32(41)39-34(43)40(33(26)42)25-5-3-24(4-6-25)35-15-21-8-22(16-35)10-23(9-21)17-35/h2-7,11-14,21-23H,8-10,15-18H2,1H3,(H,39,41,43)/b26-11+. The second-order valence-corrected chi connectivity index (χ2v) is 14.4. The monoisotopic (exact) mass is 708 g/mol. The van der Waals surface area contributed by atoms with Gasteiger partial charge in [0.05, 0.1) is 27.3 Å². The first-order valence-corrected chi connectivity index (χ1v) is 16.6. The van der Waals surface area contributed by atoms with Crippen LogP contribution < -0.4 is 19.7 Å². The van der Waals surface area contributed by atoms with E-state index in [0.717, 1.165) is 28.2 Å². The number of benzene rings is 3. The number of carbonyl (C=O) groups is 3. The molecule has 4 amide bonds. The number of imide groups is 2. The molecule has 0 atom stereocenters. The average molecular weight is 710 g/mol. The molecule has 0 unspecified atom stereocenters. The van der Waals surface area contributed by atoms with Crippen LogP contribution in [0.25, 0.3) is 6.08 Å². The van der Waals surface area contributed by atoms with Gasteiger partial charge in [0.25, 0.3) is 11.8 Å². The van der Waals surface area contributed by atoms with Crippen molar-refractivity contribution < 1.29 is 23.9 Å².